The van der Waals surface area contributed by atoms with Crippen LogP contribution in [0.25, 0.3) is 0 Å². The first kappa shape index (κ1) is 16.7. The summed E-state index contributed by atoms with van der Waals surface area (Å²) in [5.74, 6) is 4.91. The van der Waals surface area contributed by atoms with Crippen LogP contribution in [-0.4, -0.2) is 23.9 Å². The molecule has 0 bridgehead atoms. The van der Waals surface area contributed by atoms with Crippen molar-refractivity contribution in [2.24, 2.45) is 11.3 Å². The number of hydrogen-bond donors (Lipinski definition) is 2. The minimum Gasteiger partial charge on any atom is -0.299 e. The summed E-state index contributed by atoms with van der Waals surface area (Å²) in [5.41, 5.74) is 4.63. The molecule has 1 aromatic rings. The third kappa shape index (κ3) is 4.94. The first-order chi connectivity index (χ1) is 9.24. The largest absolute Gasteiger partial charge is 0.299 e. The summed E-state index contributed by atoms with van der Waals surface area (Å²) >= 11 is 0. The van der Waals surface area contributed by atoms with E-state index in [1.807, 2.05) is 12.1 Å². The quantitative estimate of drug-likeness (QED) is 0.492. The van der Waals surface area contributed by atoms with Crippen LogP contribution in [0, 0.1) is 5.41 Å². The number of carbonyl (C=O) groups excluding carboxylic acids is 1. The molecule has 4 heteroatoms. The van der Waals surface area contributed by atoms with Gasteiger partial charge < -0.3 is 0 Å². The predicted molar refractivity (Wildman–Crippen MR) is 82.9 cm³/mol. The van der Waals surface area contributed by atoms with E-state index in [4.69, 9.17) is 5.84 Å². The molecule has 0 aliphatic heterocycles. The molecule has 0 aromatic heterocycles. The Morgan fingerprint density at radius 2 is 1.75 bits per heavy atom. The van der Waals surface area contributed by atoms with Gasteiger partial charge in [-0.25, -0.2) is 5.84 Å². The molecule has 0 radical (unpaired) electrons. The van der Waals surface area contributed by atoms with Gasteiger partial charge in [-0.2, -0.15) is 0 Å². The average molecular weight is 277 g/mol. The molecule has 1 atom stereocenters. The molecular weight excluding hydrogens is 250 g/mol. The van der Waals surface area contributed by atoms with Gasteiger partial charge in [0.1, 0.15) is 0 Å². The number of nitrogens with one attached hydrogen (secondary N) is 1. The van der Waals surface area contributed by atoms with Gasteiger partial charge in [0.15, 0.2) is 0 Å². The van der Waals surface area contributed by atoms with Gasteiger partial charge in [-0.3, -0.25) is 15.1 Å². The molecule has 4 nitrogen and oxygen atoms in total. The van der Waals surface area contributed by atoms with Crippen LogP contribution in [0.3, 0.4) is 0 Å². The van der Waals surface area contributed by atoms with E-state index in [-0.39, 0.29) is 11.3 Å². The lowest BCUT2D eigenvalue weighted by atomic mass is 9.87. The van der Waals surface area contributed by atoms with Crippen LogP contribution < -0.4 is 11.3 Å². The van der Waals surface area contributed by atoms with Crippen LogP contribution in [-0.2, 0) is 17.8 Å². The summed E-state index contributed by atoms with van der Waals surface area (Å²) in [6, 6.07) is 8.61. The molecule has 0 saturated heterocycles. The molecule has 1 aromatic carbocycles. The molecule has 112 valence electrons. The highest BCUT2D eigenvalue weighted by Crippen LogP contribution is 2.24. The Hall–Kier alpha value is -1.39. The summed E-state index contributed by atoms with van der Waals surface area (Å²) in [4.78, 5) is 13.5. The first-order valence-electron chi connectivity index (χ1n) is 7.01. The Bertz CT molecular complexity index is 434. The molecule has 1 amide bonds. The lowest BCUT2D eigenvalue weighted by molar-refractivity contribution is -0.120. The van der Waals surface area contributed by atoms with E-state index in [0.717, 1.165) is 12.1 Å². The fourth-order valence-electron chi connectivity index (χ4n) is 2.09. The van der Waals surface area contributed by atoms with Crippen molar-refractivity contribution in [2.75, 3.05) is 7.05 Å². The van der Waals surface area contributed by atoms with Crippen LogP contribution in [0.15, 0.2) is 24.3 Å². The highest BCUT2D eigenvalue weighted by molar-refractivity contribution is 5.77. The molecule has 3 N–H and O–H groups in total. The Morgan fingerprint density at radius 1 is 1.25 bits per heavy atom. The number of hydrazine groups is 1. The third-order valence-electron chi connectivity index (χ3n) is 3.90. The van der Waals surface area contributed by atoms with Crippen molar-refractivity contribution in [3.05, 3.63) is 35.4 Å². The van der Waals surface area contributed by atoms with Crippen molar-refractivity contribution in [3.63, 3.8) is 0 Å². The zero-order chi connectivity index (χ0) is 15.3. The topological polar surface area (TPSA) is 58.4 Å². The number of carbonyl (C=O) groups is 1. The fourth-order valence-corrected chi connectivity index (χ4v) is 2.09. The highest BCUT2D eigenvalue weighted by atomic mass is 16.2. The van der Waals surface area contributed by atoms with E-state index in [1.54, 1.807) is 0 Å². The number of nitrogens with two attached hydrogens (primary N) is 1. The van der Waals surface area contributed by atoms with E-state index in [0.29, 0.717) is 12.5 Å². The van der Waals surface area contributed by atoms with E-state index in [2.05, 4.69) is 57.2 Å². The second kappa shape index (κ2) is 6.86. The van der Waals surface area contributed by atoms with E-state index in [1.165, 1.54) is 5.56 Å². The molecule has 20 heavy (non-hydrogen) atoms. The van der Waals surface area contributed by atoms with Gasteiger partial charge in [-0.05, 0) is 30.5 Å². The standard InChI is InChI=1S/C16H27N3O/c1-12(16(2,3)4)19(5)11-14-8-6-13(7-9-14)10-15(20)18-17/h6-9,12H,10-11,17H2,1-5H3,(H,18,20). The van der Waals surface area contributed by atoms with Crippen molar-refractivity contribution in [1.82, 2.24) is 10.3 Å². The Balaban J connectivity index is 2.63. The molecule has 0 spiro atoms. The molecule has 0 aliphatic rings. The van der Waals surface area contributed by atoms with Gasteiger partial charge >= 0.3 is 0 Å². The summed E-state index contributed by atoms with van der Waals surface area (Å²) in [5, 5.41) is 0. The van der Waals surface area contributed by atoms with Crippen LogP contribution in [0.4, 0.5) is 0 Å². The zero-order valence-electron chi connectivity index (χ0n) is 13.2. The molecule has 0 heterocycles. The van der Waals surface area contributed by atoms with Crippen LogP contribution in [0.1, 0.15) is 38.8 Å². The van der Waals surface area contributed by atoms with Gasteiger partial charge in [0.2, 0.25) is 5.91 Å². The number of rotatable bonds is 5. The first-order valence-corrected chi connectivity index (χ1v) is 7.01. The maximum Gasteiger partial charge on any atom is 0.238 e. The summed E-state index contributed by atoms with van der Waals surface area (Å²) in [6.07, 6.45) is 0.324. The van der Waals surface area contributed by atoms with Crippen molar-refractivity contribution in [3.8, 4) is 0 Å². The Labute approximate surface area is 122 Å². The van der Waals surface area contributed by atoms with Crippen molar-refractivity contribution < 1.29 is 4.79 Å². The number of benzene rings is 1. The van der Waals surface area contributed by atoms with Crippen molar-refractivity contribution in [2.45, 2.75) is 46.7 Å². The fraction of sp³-hybridized carbons (Fsp3) is 0.562. The summed E-state index contributed by atoms with van der Waals surface area (Å²) in [7, 11) is 2.14. The lowest BCUT2D eigenvalue weighted by Crippen LogP contribution is -2.38. The van der Waals surface area contributed by atoms with E-state index < -0.39 is 0 Å². The van der Waals surface area contributed by atoms with Gasteiger partial charge in [-0.15, -0.1) is 0 Å². The SMILES string of the molecule is CC(N(C)Cc1ccc(CC(=O)NN)cc1)C(C)(C)C. The molecule has 0 aliphatic carbocycles. The average Bonchev–Trinajstić information content (AvgIpc) is 2.38. The number of hydrogen-bond acceptors (Lipinski definition) is 3. The molecule has 0 saturated carbocycles. The maximum absolute atomic E-state index is 11.2. The molecule has 0 fully saturated rings. The summed E-state index contributed by atoms with van der Waals surface area (Å²) in [6.45, 7) is 9.91. The van der Waals surface area contributed by atoms with Crippen LogP contribution in [0.2, 0.25) is 0 Å². The third-order valence-corrected chi connectivity index (χ3v) is 3.90. The van der Waals surface area contributed by atoms with E-state index >= 15 is 0 Å². The minimum atomic E-state index is -0.170. The smallest absolute Gasteiger partial charge is 0.238 e. The van der Waals surface area contributed by atoms with Gasteiger partial charge in [0, 0.05) is 12.6 Å². The van der Waals surface area contributed by atoms with Crippen molar-refractivity contribution in [1.29, 1.82) is 0 Å². The monoisotopic (exact) mass is 277 g/mol. The normalized spacial score (nSPS) is 13.3. The van der Waals surface area contributed by atoms with Gasteiger partial charge in [0.25, 0.3) is 0 Å². The van der Waals surface area contributed by atoms with E-state index in [9.17, 15) is 4.79 Å². The minimum absolute atomic E-state index is 0.170. The second-order valence-corrected chi connectivity index (χ2v) is 6.52. The van der Waals surface area contributed by atoms with Crippen LogP contribution in [0.5, 0.6) is 0 Å². The van der Waals surface area contributed by atoms with Crippen LogP contribution >= 0.6 is 0 Å². The maximum atomic E-state index is 11.2. The Kier molecular flexibility index (Phi) is 5.72. The highest BCUT2D eigenvalue weighted by Gasteiger charge is 2.23. The van der Waals surface area contributed by atoms with Gasteiger partial charge in [0.05, 0.1) is 6.42 Å². The number of amides is 1. The predicted octanol–water partition coefficient (Wildman–Crippen LogP) is 2.09. The number of nitrogens with zero attached hydrogens (tertiary/aromatic N) is 1. The summed E-state index contributed by atoms with van der Waals surface area (Å²) < 4.78 is 0. The molecule has 1 rings (SSSR count). The molecule has 1 unspecified atom stereocenters. The second-order valence-electron chi connectivity index (χ2n) is 6.52. The van der Waals surface area contributed by atoms with Gasteiger partial charge in [-0.1, -0.05) is 45.0 Å². The molecular formula is C16H27N3O. The van der Waals surface area contributed by atoms with Crippen molar-refractivity contribution >= 4 is 5.91 Å². The Morgan fingerprint density at radius 3 is 2.20 bits per heavy atom. The zero-order valence-corrected chi connectivity index (χ0v) is 13.2. The lowest BCUT2D eigenvalue weighted by Gasteiger charge is -2.35.